The van der Waals surface area contributed by atoms with E-state index in [1.807, 2.05) is 0 Å². The van der Waals surface area contributed by atoms with E-state index in [-0.39, 0.29) is 0 Å². The molecule has 1 radical (unpaired) electrons. The van der Waals surface area contributed by atoms with E-state index in [9.17, 15) is 0 Å². The highest BCUT2D eigenvalue weighted by atomic mass is 15.2. The lowest BCUT2D eigenvalue weighted by molar-refractivity contribution is 0.230. The molecule has 1 aliphatic heterocycles. The van der Waals surface area contributed by atoms with E-state index in [0.717, 1.165) is 5.92 Å². The standard InChI is InChI=1S/C8H16N/c1-8(2)4-7-9-5-3-6-9/h3,8H,4-7H2,1-2H3. The van der Waals surface area contributed by atoms with E-state index in [1.165, 1.54) is 26.1 Å². The molecule has 1 rings (SSSR count). The highest BCUT2D eigenvalue weighted by Crippen LogP contribution is 2.08. The van der Waals surface area contributed by atoms with Crippen molar-refractivity contribution in [1.29, 1.82) is 0 Å². The summed E-state index contributed by atoms with van der Waals surface area (Å²) in [6, 6.07) is 0. The quantitative estimate of drug-likeness (QED) is 0.554. The van der Waals surface area contributed by atoms with Crippen LogP contribution in [0.4, 0.5) is 0 Å². The summed E-state index contributed by atoms with van der Waals surface area (Å²) in [5.41, 5.74) is 0. The molecule has 0 spiro atoms. The normalized spacial score (nSPS) is 20.3. The van der Waals surface area contributed by atoms with Gasteiger partial charge in [-0.3, -0.25) is 0 Å². The first kappa shape index (κ1) is 7.07. The van der Waals surface area contributed by atoms with Crippen LogP contribution in [-0.2, 0) is 0 Å². The summed E-state index contributed by atoms with van der Waals surface area (Å²) in [5, 5.41) is 0. The van der Waals surface area contributed by atoms with E-state index >= 15 is 0 Å². The molecule has 0 atom stereocenters. The Balaban J connectivity index is 1.91. The van der Waals surface area contributed by atoms with E-state index in [1.54, 1.807) is 0 Å². The van der Waals surface area contributed by atoms with Crippen LogP contribution in [0.5, 0.6) is 0 Å². The van der Waals surface area contributed by atoms with Crippen molar-refractivity contribution in [3.8, 4) is 0 Å². The Morgan fingerprint density at radius 3 is 2.44 bits per heavy atom. The van der Waals surface area contributed by atoms with Gasteiger partial charge in [-0.05, 0) is 25.3 Å². The first-order chi connectivity index (χ1) is 4.29. The van der Waals surface area contributed by atoms with E-state index in [0.29, 0.717) is 0 Å². The van der Waals surface area contributed by atoms with E-state index in [4.69, 9.17) is 0 Å². The van der Waals surface area contributed by atoms with E-state index < -0.39 is 0 Å². The van der Waals surface area contributed by atoms with Crippen LogP contribution in [0.25, 0.3) is 0 Å². The van der Waals surface area contributed by atoms with Crippen molar-refractivity contribution in [2.75, 3.05) is 19.6 Å². The lowest BCUT2D eigenvalue weighted by atomic mass is 10.1. The van der Waals surface area contributed by atoms with Crippen LogP contribution in [-0.4, -0.2) is 24.5 Å². The average molecular weight is 126 g/mol. The Morgan fingerprint density at radius 2 is 2.11 bits per heavy atom. The van der Waals surface area contributed by atoms with Gasteiger partial charge in [0.25, 0.3) is 0 Å². The van der Waals surface area contributed by atoms with Gasteiger partial charge >= 0.3 is 0 Å². The largest absolute Gasteiger partial charge is 0.303 e. The molecule has 0 unspecified atom stereocenters. The molecule has 0 N–H and O–H groups in total. The monoisotopic (exact) mass is 126 g/mol. The van der Waals surface area contributed by atoms with Crippen molar-refractivity contribution < 1.29 is 0 Å². The molecule has 9 heavy (non-hydrogen) atoms. The third-order valence-electron chi connectivity index (χ3n) is 1.80. The molecule has 1 saturated heterocycles. The first-order valence-corrected chi connectivity index (χ1v) is 3.83. The number of hydrogen-bond acceptors (Lipinski definition) is 1. The molecule has 0 saturated carbocycles. The molecule has 1 heterocycles. The van der Waals surface area contributed by atoms with Crippen LogP contribution in [0.1, 0.15) is 20.3 Å². The minimum atomic E-state index is 0.866. The summed E-state index contributed by atoms with van der Waals surface area (Å²) in [4.78, 5) is 2.47. The van der Waals surface area contributed by atoms with Crippen molar-refractivity contribution in [1.82, 2.24) is 4.90 Å². The second-order valence-electron chi connectivity index (χ2n) is 3.23. The molecule has 1 fully saturated rings. The molecule has 0 aromatic rings. The maximum atomic E-state index is 2.47. The minimum Gasteiger partial charge on any atom is -0.303 e. The molecule has 1 aliphatic rings. The molecule has 0 bridgehead atoms. The molecule has 0 aromatic carbocycles. The fourth-order valence-electron chi connectivity index (χ4n) is 0.935. The maximum absolute atomic E-state index is 2.47. The van der Waals surface area contributed by atoms with Crippen molar-refractivity contribution in [3.63, 3.8) is 0 Å². The first-order valence-electron chi connectivity index (χ1n) is 3.83. The Kier molecular flexibility index (Phi) is 2.52. The van der Waals surface area contributed by atoms with Crippen LogP contribution in [0.3, 0.4) is 0 Å². The summed E-state index contributed by atoms with van der Waals surface area (Å²) in [6.45, 7) is 8.32. The van der Waals surface area contributed by atoms with E-state index in [2.05, 4.69) is 25.2 Å². The third-order valence-corrected chi connectivity index (χ3v) is 1.80. The van der Waals surface area contributed by atoms with Crippen LogP contribution in [0.15, 0.2) is 0 Å². The van der Waals surface area contributed by atoms with Gasteiger partial charge in [-0.2, -0.15) is 0 Å². The molecule has 53 valence electrons. The van der Waals surface area contributed by atoms with Gasteiger partial charge in [-0.1, -0.05) is 13.8 Å². The zero-order chi connectivity index (χ0) is 6.69. The lowest BCUT2D eigenvalue weighted by Gasteiger charge is -2.30. The van der Waals surface area contributed by atoms with Crippen LogP contribution >= 0.6 is 0 Å². The van der Waals surface area contributed by atoms with Crippen molar-refractivity contribution in [3.05, 3.63) is 6.42 Å². The van der Waals surface area contributed by atoms with Gasteiger partial charge < -0.3 is 4.90 Å². The second-order valence-corrected chi connectivity index (χ2v) is 3.23. The Labute approximate surface area is 58.0 Å². The number of nitrogens with zero attached hydrogens (tertiary/aromatic N) is 1. The molecule has 0 aliphatic carbocycles. The summed E-state index contributed by atoms with van der Waals surface area (Å²) in [5.74, 6) is 0.866. The number of rotatable bonds is 3. The Hall–Kier alpha value is -0.0400. The SMILES string of the molecule is CC(C)CCN1C[CH]C1. The Morgan fingerprint density at radius 1 is 1.44 bits per heavy atom. The topological polar surface area (TPSA) is 3.24 Å². The zero-order valence-electron chi connectivity index (χ0n) is 6.43. The van der Waals surface area contributed by atoms with Crippen molar-refractivity contribution in [2.24, 2.45) is 5.92 Å². The minimum absolute atomic E-state index is 0.866. The smallest absolute Gasteiger partial charge is 0.00256 e. The lowest BCUT2D eigenvalue weighted by Crippen LogP contribution is -2.38. The molecule has 0 aromatic heterocycles. The predicted molar refractivity (Wildman–Crippen MR) is 40.2 cm³/mol. The van der Waals surface area contributed by atoms with Gasteiger partial charge in [0.15, 0.2) is 0 Å². The second kappa shape index (κ2) is 3.21. The van der Waals surface area contributed by atoms with Crippen LogP contribution in [0.2, 0.25) is 0 Å². The number of likely N-dealkylation sites (tertiary alicyclic amines) is 1. The molecular weight excluding hydrogens is 110 g/mol. The molecule has 1 heteroatoms. The zero-order valence-corrected chi connectivity index (χ0v) is 6.43. The third kappa shape index (κ3) is 2.35. The highest BCUT2D eigenvalue weighted by Gasteiger charge is 2.12. The molecular formula is C8H16N. The predicted octanol–water partition coefficient (Wildman–Crippen LogP) is 1.55. The highest BCUT2D eigenvalue weighted by molar-refractivity contribution is 4.85. The summed E-state index contributed by atoms with van der Waals surface area (Å²) in [6.07, 6.45) is 3.67. The van der Waals surface area contributed by atoms with Gasteiger partial charge in [-0.25, -0.2) is 0 Å². The van der Waals surface area contributed by atoms with Crippen LogP contribution < -0.4 is 0 Å². The summed E-state index contributed by atoms with van der Waals surface area (Å²) < 4.78 is 0. The number of hydrogen-bond donors (Lipinski definition) is 0. The molecule has 0 amide bonds. The van der Waals surface area contributed by atoms with Gasteiger partial charge in [0.05, 0.1) is 0 Å². The van der Waals surface area contributed by atoms with Crippen LogP contribution in [0, 0.1) is 12.3 Å². The summed E-state index contributed by atoms with van der Waals surface area (Å²) >= 11 is 0. The maximum Gasteiger partial charge on any atom is 0.00256 e. The van der Waals surface area contributed by atoms with Gasteiger partial charge in [-0.15, -0.1) is 0 Å². The fourth-order valence-corrected chi connectivity index (χ4v) is 0.935. The van der Waals surface area contributed by atoms with Crippen molar-refractivity contribution in [2.45, 2.75) is 20.3 Å². The van der Waals surface area contributed by atoms with Gasteiger partial charge in [0, 0.05) is 13.1 Å². The Bertz CT molecular complexity index is 74.6. The molecule has 1 nitrogen and oxygen atoms in total. The van der Waals surface area contributed by atoms with Gasteiger partial charge in [0.2, 0.25) is 0 Å². The van der Waals surface area contributed by atoms with Gasteiger partial charge in [0.1, 0.15) is 0 Å². The average Bonchev–Trinajstić information content (AvgIpc) is 1.60. The van der Waals surface area contributed by atoms with Crippen molar-refractivity contribution >= 4 is 0 Å². The fraction of sp³-hybridized carbons (Fsp3) is 0.875. The summed E-state index contributed by atoms with van der Waals surface area (Å²) in [7, 11) is 0.